The van der Waals surface area contributed by atoms with E-state index in [9.17, 15) is 14.4 Å². The van der Waals surface area contributed by atoms with Gasteiger partial charge in [-0.15, -0.1) is 0 Å². The van der Waals surface area contributed by atoms with E-state index in [1.165, 1.54) is 31.6 Å². The summed E-state index contributed by atoms with van der Waals surface area (Å²) in [5, 5.41) is 6.78. The molecule has 9 nitrogen and oxygen atoms in total. The Morgan fingerprint density at radius 3 is 1.11 bits per heavy atom. The van der Waals surface area contributed by atoms with Crippen molar-refractivity contribution in [1.29, 1.82) is 0 Å². The molecule has 6 amide bonds. The molecule has 0 saturated carbocycles. The topological polar surface area (TPSA) is 165 Å². The quantitative estimate of drug-likeness (QED) is 0.316. The lowest BCUT2D eigenvalue weighted by atomic mass is 10.1. The predicted octanol–water partition coefficient (Wildman–Crippen LogP) is 4.44. The van der Waals surface area contributed by atoms with Crippen LogP contribution in [0.15, 0.2) is 91.0 Å². The summed E-state index contributed by atoms with van der Waals surface area (Å²) in [4.78, 5) is 29.2. The van der Waals surface area contributed by atoms with Gasteiger partial charge in [0.05, 0.1) is 0 Å². The van der Waals surface area contributed by atoms with Crippen LogP contribution in [0.25, 0.3) is 0 Å². The number of carbonyl (C=O) groups excluding carboxylic acids is 3. The van der Waals surface area contributed by atoms with Crippen molar-refractivity contribution in [3.05, 3.63) is 102 Å². The monoisotopic (exact) mass is 496 g/mol. The third-order valence-corrected chi connectivity index (χ3v) is 3.63. The first kappa shape index (κ1) is 33.6. The molecule has 0 aliphatic heterocycles. The predicted molar refractivity (Wildman–Crippen MR) is 149 cm³/mol. The number of benzene rings is 3. The minimum absolute atomic E-state index is 0.495. The van der Waals surface area contributed by atoms with Crippen LogP contribution < -0.4 is 33.2 Å². The first-order valence-corrected chi connectivity index (χ1v) is 11.3. The maximum absolute atomic E-state index is 10.3. The fourth-order valence-electron chi connectivity index (χ4n) is 2.09. The van der Waals surface area contributed by atoms with Crippen molar-refractivity contribution in [3.8, 4) is 0 Å². The van der Waals surface area contributed by atoms with E-state index >= 15 is 0 Å². The van der Waals surface area contributed by atoms with Crippen molar-refractivity contribution in [3.63, 3.8) is 0 Å². The minimum atomic E-state index is -0.536. The number of urea groups is 3. The maximum Gasteiger partial charge on any atom is 0.316 e. The van der Waals surface area contributed by atoms with E-state index in [-0.39, 0.29) is 0 Å². The molecule has 0 atom stereocenters. The largest absolute Gasteiger partial charge is 0.352 e. The van der Waals surface area contributed by atoms with E-state index < -0.39 is 18.1 Å². The van der Waals surface area contributed by atoms with Crippen molar-refractivity contribution in [2.45, 2.75) is 26.7 Å². The molecule has 0 unspecified atom stereocenters. The summed E-state index contributed by atoms with van der Waals surface area (Å²) >= 11 is 0. The number of carbonyl (C=O) groups is 3. The van der Waals surface area contributed by atoms with Gasteiger partial charge in [-0.3, -0.25) is 0 Å². The van der Waals surface area contributed by atoms with Crippen LogP contribution >= 0.6 is 0 Å². The first-order valence-electron chi connectivity index (χ1n) is 11.3. The fraction of sp³-hybridized carbons (Fsp3) is 0.222. The molecule has 0 radical (unpaired) electrons. The van der Waals surface area contributed by atoms with E-state index in [1.807, 2.05) is 18.2 Å². The van der Waals surface area contributed by atoms with Gasteiger partial charge < -0.3 is 33.2 Å². The van der Waals surface area contributed by atoms with Crippen molar-refractivity contribution in [2.75, 3.05) is 19.4 Å². The Morgan fingerprint density at radius 1 is 0.583 bits per heavy atom. The molecule has 9 heteroatoms. The number of amides is 6. The fourth-order valence-corrected chi connectivity index (χ4v) is 2.09. The molecule has 0 aliphatic rings. The Kier molecular flexibility index (Phi) is 22.1. The second-order valence-corrected chi connectivity index (χ2v) is 6.94. The number of anilines is 1. The molecule has 0 heterocycles. The second-order valence-electron chi connectivity index (χ2n) is 6.94. The van der Waals surface area contributed by atoms with Gasteiger partial charge in [-0.1, -0.05) is 99.1 Å². The zero-order valence-electron chi connectivity index (χ0n) is 21.5. The molecular weight excluding hydrogens is 456 g/mol. The van der Waals surface area contributed by atoms with Gasteiger partial charge in [0.2, 0.25) is 0 Å². The number of para-hydroxylation sites is 1. The Morgan fingerprint density at radius 2 is 0.861 bits per heavy atom. The first-order chi connectivity index (χ1) is 17.2. The number of nitrogens with two attached hydrogens (primary N) is 3. The van der Waals surface area contributed by atoms with Crippen LogP contribution in [0.2, 0.25) is 0 Å². The lowest BCUT2D eigenvalue weighted by molar-refractivity contribution is 0.250. The lowest BCUT2D eigenvalue weighted by Gasteiger charge is -2.00. The molecule has 0 fully saturated rings. The Labute approximate surface area is 214 Å². The van der Waals surface area contributed by atoms with Crippen molar-refractivity contribution in [1.82, 2.24) is 10.6 Å². The zero-order chi connectivity index (χ0) is 27.6. The van der Waals surface area contributed by atoms with Crippen LogP contribution in [0.5, 0.6) is 0 Å². The molecule has 0 saturated heterocycles. The maximum atomic E-state index is 10.3. The summed E-state index contributed by atoms with van der Waals surface area (Å²) in [5.41, 5.74) is 17.4. The number of primary amides is 3. The van der Waals surface area contributed by atoms with Crippen LogP contribution in [0.4, 0.5) is 20.1 Å². The molecule has 9 N–H and O–H groups in total. The van der Waals surface area contributed by atoms with Crippen LogP contribution in [0.3, 0.4) is 0 Å². The molecule has 0 aromatic heterocycles. The van der Waals surface area contributed by atoms with Crippen LogP contribution in [-0.4, -0.2) is 32.2 Å². The van der Waals surface area contributed by atoms with Gasteiger partial charge >= 0.3 is 18.1 Å². The van der Waals surface area contributed by atoms with Gasteiger partial charge in [-0.05, 0) is 29.7 Å². The number of hydrogen-bond donors (Lipinski definition) is 6. The van der Waals surface area contributed by atoms with Gasteiger partial charge in [0.25, 0.3) is 0 Å². The van der Waals surface area contributed by atoms with Crippen molar-refractivity contribution in [2.24, 2.45) is 17.2 Å². The second kappa shape index (κ2) is 23.6. The summed E-state index contributed by atoms with van der Waals surface area (Å²) in [7, 11) is 2.95. The van der Waals surface area contributed by atoms with Gasteiger partial charge in [0.1, 0.15) is 0 Å². The van der Waals surface area contributed by atoms with E-state index in [0.29, 0.717) is 0 Å². The Balaban J connectivity index is 0. The van der Waals surface area contributed by atoms with Gasteiger partial charge in [-0.25, -0.2) is 14.4 Å². The van der Waals surface area contributed by atoms with E-state index in [2.05, 4.69) is 102 Å². The molecule has 3 aromatic carbocycles. The van der Waals surface area contributed by atoms with Crippen LogP contribution in [0, 0.1) is 0 Å². The van der Waals surface area contributed by atoms with Crippen molar-refractivity contribution < 1.29 is 14.4 Å². The van der Waals surface area contributed by atoms with Crippen LogP contribution in [0.1, 0.15) is 31.4 Å². The summed E-state index contributed by atoms with van der Waals surface area (Å²) in [6.45, 7) is 4.25. The Hall–Kier alpha value is -4.53. The number of nitrogens with one attached hydrogen (secondary N) is 3. The van der Waals surface area contributed by atoms with Gasteiger partial charge in [0.15, 0.2) is 0 Å². The SMILES string of the molecule is CCC.CNC(N)=O.CNC(N)=O.NC(=O)Nc1ccccc1.c1ccc(Cc2ccccc2)cc1. The summed E-state index contributed by atoms with van der Waals surface area (Å²) in [5.74, 6) is 0. The molecule has 0 bridgehead atoms. The van der Waals surface area contributed by atoms with Gasteiger partial charge in [-0.2, -0.15) is 0 Å². The van der Waals surface area contributed by atoms with Gasteiger partial charge in [0, 0.05) is 19.8 Å². The summed E-state index contributed by atoms with van der Waals surface area (Å²) in [6, 6.07) is 28.6. The van der Waals surface area contributed by atoms with Crippen LogP contribution in [-0.2, 0) is 6.42 Å². The van der Waals surface area contributed by atoms with E-state index in [1.54, 1.807) is 12.1 Å². The van der Waals surface area contributed by atoms with E-state index in [4.69, 9.17) is 5.73 Å². The standard InChI is InChI=1S/C13H12.C7H8N2O.C3H8.2C2H6N2O/c1-3-7-12(8-4-1)11-13-9-5-2-6-10-13;8-7(10)9-6-4-2-1-3-5-6;1-3-2;2*1-4-2(3)5/h1-10H,11H2;1-5H,(H3,8,9,10);3H2,1-2H3;2*1H3,(H3,3,4,5). The number of hydrogen-bond acceptors (Lipinski definition) is 3. The highest BCUT2D eigenvalue weighted by Gasteiger charge is 1.93. The van der Waals surface area contributed by atoms with Crippen molar-refractivity contribution >= 4 is 23.8 Å². The third-order valence-electron chi connectivity index (χ3n) is 3.63. The third kappa shape index (κ3) is 24.1. The summed E-state index contributed by atoms with van der Waals surface area (Å²) < 4.78 is 0. The normalized spacial score (nSPS) is 8.33. The zero-order valence-corrected chi connectivity index (χ0v) is 21.5. The molecule has 3 rings (SSSR count). The average Bonchev–Trinajstić information content (AvgIpc) is 2.87. The minimum Gasteiger partial charge on any atom is -0.352 e. The molecule has 196 valence electrons. The molecule has 3 aromatic rings. The number of rotatable bonds is 3. The highest BCUT2D eigenvalue weighted by Crippen LogP contribution is 2.08. The highest BCUT2D eigenvalue weighted by molar-refractivity contribution is 5.87. The van der Waals surface area contributed by atoms with E-state index in [0.717, 1.165) is 12.1 Å². The summed E-state index contributed by atoms with van der Waals surface area (Å²) in [6.07, 6.45) is 2.28. The lowest BCUT2D eigenvalue weighted by Crippen LogP contribution is -2.24. The molecule has 36 heavy (non-hydrogen) atoms. The highest BCUT2D eigenvalue weighted by atomic mass is 16.2. The molecular formula is C27H40N6O3. The Bertz CT molecular complexity index is 888. The smallest absolute Gasteiger partial charge is 0.316 e. The molecule has 0 spiro atoms. The molecule has 0 aliphatic carbocycles. The average molecular weight is 497 g/mol.